The zero-order valence-electron chi connectivity index (χ0n) is 12.2. The summed E-state index contributed by atoms with van der Waals surface area (Å²) in [4.78, 5) is 38.0. The maximum atomic E-state index is 12.5. The predicted octanol–water partition coefficient (Wildman–Crippen LogP) is 1.66. The van der Waals surface area contributed by atoms with E-state index in [2.05, 4.69) is 0 Å². The van der Waals surface area contributed by atoms with Gasteiger partial charge in [-0.25, -0.2) is 4.79 Å². The lowest BCUT2D eigenvalue weighted by atomic mass is 9.75. The van der Waals surface area contributed by atoms with E-state index in [1.54, 1.807) is 0 Å². The Labute approximate surface area is 118 Å². The molecule has 2 aliphatic carbocycles. The van der Waals surface area contributed by atoms with Gasteiger partial charge in [0.25, 0.3) is 0 Å². The number of piperidine rings is 1. The average Bonchev–Trinajstić information content (AvgIpc) is 2.79. The van der Waals surface area contributed by atoms with Crippen molar-refractivity contribution in [3.05, 3.63) is 0 Å². The van der Waals surface area contributed by atoms with Crippen LogP contribution >= 0.6 is 0 Å². The molecule has 0 bridgehead atoms. The van der Waals surface area contributed by atoms with Crippen molar-refractivity contribution in [3.63, 3.8) is 0 Å². The molecule has 110 valence electrons. The number of likely N-dealkylation sites (tertiary alicyclic amines) is 1. The molecule has 5 heteroatoms. The van der Waals surface area contributed by atoms with Gasteiger partial charge in [0, 0.05) is 0 Å². The fourth-order valence-electron chi connectivity index (χ4n) is 4.38. The molecule has 2 amide bonds. The molecule has 3 aliphatic rings. The Bertz CT molecular complexity index is 488. The summed E-state index contributed by atoms with van der Waals surface area (Å²) in [7, 11) is 0. The van der Waals surface area contributed by atoms with E-state index in [4.69, 9.17) is 0 Å². The zero-order valence-corrected chi connectivity index (χ0v) is 12.2. The normalized spacial score (nSPS) is 42.5. The lowest BCUT2D eigenvalue weighted by Gasteiger charge is -2.43. The number of hydrogen-bond donors (Lipinski definition) is 1. The molecule has 1 heterocycles. The number of amides is 2. The Morgan fingerprint density at radius 2 is 1.80 bits per heavy atom. The molecule has 1 N–H and O–H groups in total. The molecule has 1 saturated heterocycles. The number of aliphatic carboxylic acids is 1. The number of hydrogen-bond acceptors (Lipinski definition) is 3. The van der Waals surface area contributed by atoms with Gasteiger partial charge >= 0.3 is 5.97 Å². The van der Waals surface area contributed by atoms with E-state index in [0.717, 1.165) is 17.7 Å². The first kappa shape index (κ1) is 13.6. The van der Waals surface area contributed by atoms with Crippen molar-refractivity contribution in [2.45, 2.75) is 52.0 Å². The number of carboxylic acids is 1. The minimum atomic E-state index is -1.30. The number of carbonyl (C=O) groups is 3. The summed E-state index contributed by atoms with van der Waals surface area (Å²) in [5, 5.41) is 9.69. The standard InChI is InChI=1S/C15H21NO4/c1-8-5-4-6-15(7-8,13(19)20)16-11(17)9-10(12(16)18)14(9,2)3/h8-10H,4-7H2,1-3H3,(H,19,20). The van der Waals surface area contributed by atoms with Gasteiger partial charge < -0.3 is 5.11 Å². The Kier molecular flexibility index (Phi) is 2.60. The van der Waals surface area contributed by atoms with Crippen LogP contribution in [0.5, 0.6) is 0 Å². The molecular formula is C15H21NO4. The van der Waals surface area contributed by atoms with Crippen LogP contribution in [-0.4, -0.2) is 33.3 Å². The minimum Gasteiger partial charge on any atom is -0.479 e. The van der Waals surface area contributed by atoms with E-state index in [0.29, 0.717) is 12.8 Å². The highest BCUT2D eigenvalue weighted by atomic mass is 16.4. The first-order valence-electron chi connectivity index (χ1n) is 7.35. The number of imide groups is 1. The van der Waals surface area contributed by atoms with Crippen molar-refractivity contribution in [2.75, 3.05) is 0 Å². The Morgan fingerprint density at radius 1 is 1.25 bits per heavy atom. The van der Waals surface area contributed by atoms with Gasteiger partial charge in [-0.05, 0) is 24.2 Å². The summed E-state index contributed by atoms with van der Waals surface area (Å²) < 4.78 is 0. The van der Waals surface area contributed by atoms with Gasteiger partial charge in [-0.2, -0.15) is 0 Å². The largest absolute Gasteiger partial charge is 0.479 e. The first-order chi connectivity index (χ1) is 9.23. The van der Waals surface area contributed by atoms with E-state index in [1.807, 2.05) is 20.8 Å². The molecule has 4 unspecified atom stereocenters. The highest BCUT2D eigenvalue weighted by Crippen LogP contribution is 2.64. The smallest absolute Gasteiger partial charge is 0.330 e. The van der Waals surface area contributed by atoms with Crippen molar-refractivity contribution >= 4 is 17.8 Å². The van der Waals surface area contributed by atoms with Crippen LogP contribution in [0, 0.1) is 23.2 Å². The molecule has 0 spiro atoms. The maximum absolute atomic E-state index is 12.5. The van der Waals surface area contributed by atoms with Crippen LogP contribution in [0.4, 0.5) is 0 Å². The number of rotatable bonds is 2. The predicted molar refractivity (Wildman–Crippen MR) is 70.6 cm³/mol. The molecular weight excluding hydrogens is 258 g/mol. The summed E-state index contributed by atoms with van der Waals surface area (Å²) >= 11 is 0. The summed E-state index contributed by atoms with van der Waals surface area (Å²) in [6.45, 7) is 5.81. The van der Waals surface area contributed by atoms with Gasteiger partial charge in [0.05, 0.1) is 11.8 Å². The molecule has 1 aliphatic heterocycles. The van der Waals surface area contributed by atoms with Crippen LogP contribution in [-0.2, 0) is 14.4 Å². The van der Waals surface area contributed by atoms with E-state index in [9.17, 15) is 19.5 Å². The quantitative estimate of drug-likeness (QED) is 0.780. The van der Waals surface area contributed by atoms with Gasteiger partial charge in [0.2, 0.25) is 11.8 Å². The highest BCUT2D eigenvalue weighted by molar-refractivity contribution is 6.13. The second-order valence-corrected chi connectivity index (χ2v) is 7.33. The van der Waals surface area contributed by atoms with E-state index in [1.165, 1.54) is 0 Å². The minimum absolute atomic E-state index is 0.227. The van der Waals surface area contributed by atoms with Crippen molar-refractivity contribution < 1.29 is 19.5 Å². The van der Waals surface area contributed by atoms with Crippen molar-refractivity contribution in [1.82, 2.24) is 4.90 Å². The maximum Gasteiger partial charge on any atom is 0.330 e. The third-order valence-electron chi connectivity index (χ3n) is 5.60. The molecule has 0 aromatic rings. The van der Waals surface area contributed by atoms with Crippen LogP contribution in [0.2, 0.25) is 0 Å². The van der Waals surface area contributed by atoms with Crippen molar-refractivity contribution in [3.8, 4) is 0 Å². The molecule has 0 aromatic carbocycles. The third-order valence-corrected chi connectivity index (χ3v) is 5.60. The summed E-state index contributed by atoms with van der Waals surface area (Å²) in [5.74, 6) is -1.93. The molecule has 3 rings (SSSR count). The summed E-state index contributed by atoms with van der Waals surface area (Å²) in [6.07, 6.45) is 2.50. The monoisotopic (exact) mass is 279 g/mol. The second kappa shape index (κ2) is 3.83. The zero-order chi connectivity index (χ0) is 14.9. The lowest BCUT2D eigenvalue weighted by molar-refractivity contribution is -0.169. The Hall–Kier alpha value is -1.39. The first-order valence-corrected chi connectivity index (χ1v) is 7.35. The van der Waals surface area contributed by atoms with Gasteiger partial charge in [0.15, 0.2) is 0 Å². The Balaban J connectivity index is 1.97. The van der Waals surface area contributed by atoms with Crippen LogP contribution in [0.25, 0.3) is 0 Å². The Morgan fingerprint density at radius 3 is 2.25 bits per heavy atom. The number of carbonyl (C=O) groups excluding carboxylic acids is 2. The van der Waals surface area contributed by atoms with Gasteiger partial charge in [-0.15, -0.1) is 0 Å². The molecule has 3 fully saturated rings. The number of carboxylic acid groups (broad SMARTS) is 1. The second-order valence-electron chi connectivity index (χ2n) is 7.33. The topological polar surface area (TPSA) is 74.7 Å². The number of nitrogens with zero attached hydrogens (tertiary/aromatic N) is 1. The molecule has 0 radical (unpaired) electrons. The van der Waals surface area contributed by atoms with Gasteiger partial charge in [-0.3, -0.25) is 14.5 Å². The lowest BCUT2D eigenvalue weighted by Crippen LogP contribution is -2.60. The fraction of sp³-hybridized carbons (Fsp3) is 0.800. The molecule has 0 aromatic heterocycles. The van der Waals surface area contributed by atoms with Crippen molar-refractivity contribution in [2.24, 2.45) is 23.2 Å². The van der Waals surface area contributed by atoms with E-state index >= 15 is 0 Å². The highest BCUT2D eigenvalue weighted by Gasteiger charge is 2.75. The molecule has 20 heavy (non-hydrogen) atoms. The van der Waals surface area contributed by atoms with Crippen molar-refractivity contribution in [1.29, 1.82) is 0 Å². The van der Waals surface area contributed by atoms with Gasteiger partial charge in [-0.1, -0.05) is 33.6 Å². The molecule has 2 saturated carbocycles. The average molecular weight is 279 g/mol. The third kappa shape index (κ3) is 1.46. The van der Waals surface area contributed by atoms with E-state index < -0.39 is 11.5 Å². The van der Waals surface area contributed by atoms with Crippen LogP contribution < -0.4 is 0 Å². The summed E-state index contributed by atoms with van der Waals surface area (Å²) in [5.41, 5.74) is -1.58. The van der Waals surface area contributed by atoms with Crippen LogP contribution in [0.1, 0.15) is 46.5 Å². The molecule has 5 nitrogen and oxygen atoms in total. The summed E-state index contributed by atoms with van der Waals surface area (Å²) in [6, 6.07) is 0. The van der Waals surface area contributed by atoms with Crippen LogP contribution in [0.15, 0.2) is 0 Å². The van der Waals surface area contributed by atoms with E-state index in [-0.39, 0.29) is 35.0 Å². The number of fused-ring (bicyclic) bond motifs is 1. The SMILES string of the molecule is CC1CCCC(C(=O)O)(N2C(=O)C3C(C2=O)C3(C)C)C1. The molecule has 4 atom stereocenters. The van der Waals surface area contributed by atoms with Crippen LogP contribution in [0.3, 0.4) is 0 Å². The fourth-order valence-corrected chi connectivity index (χ4v) is 4.38. The van der Waals surface area contributed by atoms with Gasteiger partial charge in [0.1, 0.15) is 5.54 Å².